The van der Waals surface area contributed by atoms with Crippen molar-refractivity contribution in [3.05, 3.63) is 28.2 Å². The molecule has 0 aliphatic carbocycles. The molecule has 8 heteroatoms. The average Bonchev–Trinajstić information content (AvgIpc) is 2.41. The largest absolute Gasteiger partial charge is 0.479 e. The lowest BCUT2D eigenvalue weighted by Crippen LogP contribution is -2.39. The maximum absolute atomic E-state index is 11.6. The van der Waals surface area contributed by atoms with Gasteiger partial charge in [-0.1, -0.05) is 15.9 Å². The van der Waals surface area contributed by atoms with E-state index in [0.717, 1.165) is 0 Å². The molecule has 0 bridgehead atoms. The predicted octanol–water partition coefficient (Wildman–Crippen LogP) is 1.54. The van der Waals surface area contributed by atoms with E-state index < -0.39 is 18.1 Å². The molecule has 2 amide bonds. The van der Waals surface area contributed by atoms with Gasteiger partial charge in [0.1, 0.15) is 6.07 Å². The molecule has 1 aromatic carbocycles. The summed E-state index contributed by atoms with van der Waals surface area (Å²) in [6.45, 7) is -0.184. The number of ether oxygens (including phenoxy) is 1. The van der Waals surface area contributed by atoms with Gasteiger partial charge in [-0.25, -0.2) is 9.59 Å². The van der Waals surface area contributed by atoms with Crippen molar-refractivity contribution in [2.75, 3.05) is 19.0 Å². The number of amides is 2. The highest BCUT2D eigenvalue weighted by Gasteiger charge is 2.17. The van der Waals surface area contributed by atoms with Gasteiger partial charge in [0.05, 0.1) is 17.8 Å². The normalized spacial score (nSPS) is 11.2. The number of rotatable bonds is 5. The molecule has 20 heavy (non-hydrogen) atoms. The molecule has 0 aromatic heterocycles. The third-order valence-electron chi connectivity index (χ3n) is 2.36. The SMILES string of the molecule is COC(CNC(=O)Nc1ccc(Br)cc1C#N)C(=O)O. The van der Waals surface area contributed by atoms with Gasteiger partial charge in [0.25, 0.3) is 0 Å². The van der Waals surface area contributed by atoms with Crippen LogP contribution in [0.15, 0.2) is 22.7 Å². The Morgan fingerprint density at radius 2 is 2.25 bits per heavy atom. The minimum absolute atomic E-state index is 0.184. The minimum atomic E-state index is -1.17. The van der Waals surface area contributed by atoms with Crippen molar-refractivity contribution in [3.63, 3.8) is 0 Å². The van der Waals surface area contributed by atoms with Crippen molar-refractivity contribution in [2.45, 2.75) is 6.10 Å². The fourth-order valence-corrected chi connectivity index (χ4v) is 1.70. The highest BCUT2D eigenvalue weighted by Crippen LogP contribution is 2.20. The fraction of sp³-hybridized carbons (Fsp3) is 0.250. The summed E-state index contributed by atoms with van der Waals surface area (Å²) in [7, 11) is 1.24. The van der Waals surface area contributed by atoms with E-state index in [1.807, 2.05) is 6.07 Å². The number of urea groups is 1. The second kappa shape index (κ2) is 7.47. The van der Waals surface area contributed by atoms with E-state index in [1.165, 1.54) is 7.11 Å². The zero-order chi connectivity index (χ0) is 15.1. The molecule has 7 nitrogen and oxygen atoms in total. The number of anilines is 1. The fourth-order valence-electron chi connectivity index (χ4n) is 1.34. The van der Waals surface area contributed by atoms with Gasteiger partial charge >= 0.3 is 12.0 Å². The molecular weight excluding hydrogens is 330 g/mol. The Hall–Kier alpha value is -2.11. The van der Waals surface area contributed by atoms with Crippen LogP contribution in [0.5, 0.6) is 0 Å². The molecular formula is C12H12BrN3O4. The first-order valence-electron chi connectivity index (χ1n) is 5.48. The van der Waals surface area contributed by atoms with E-state index in [-0.39, 0.29) is 12.1 Å². The van der Waals surface area contributed by atoms with E-state index in [1.54, 1.807) is 18.2 Å². The van der Waals surface area contributed by atoms with Crippen molar-refractivity contribution in [3.8, 4) is 6.07 Å². The van der Waals surface area contributed by atoms with Crippen LogP contribution in [0.2, 0.25) is 0 Å². The second-order valence-electron chi connectivity index (χ2n) is 3.70. The topological polar surface area (TPSA) is 111 Å². The van der Waals surface area contributed by atoms with Gasteiger partial charge in [-0.3, -0.25) is 0 Å². The summed E-state index contributed by atoms with van der Waals surface area (Å²) in [5.74, 6) is -1.17. The van der Waals surface area contributed by atoms with E-state index in [2.05, 4.69) is 31.3 Å². The maximum Gasteiger partial charge on any atom is 0.334 e. The van der Waals surface area contributed by atoms with E-state index >= 15 is 0 Å². The molecule has 3 N–H and O–H groups in total. The third kappa shape index (κ3) is 4.53. The molecule has 0 saturated heterocycles. The van der Waals surface area contributed by atoms with Crippen LogP contribution in [-0.4, -0.2) is 36.9 Å². The number of carbonyl (C=O) groups excluding carboxylic acids is 1. The number of carboxylic acids is 1. The summed E-state index contributed by atoms with van der Waals surface area (Å²) in [6, 6.07) is 6.12. The number of nitriles is 1. The van der Waals surface area contributed by atoms with Crippen LogP contribution in [0.4, 0.5) is 10.5 Å². The van der Waals surface area contributed by atoms with Gasteiger partial charge in [0.15, 0.2) is 6.10 Å². The van der Waals surface area contributed by atoms with Gasteiger partial charge < -0.3 is 20.5 Å². The highest BCUT2D eigenvalue weighted by molar-refractivity contribution is 9.10. The lowest BCUT2D eigenvalue weighted by atomic mass is 10.2. The Morgan fingerprint density at radius 3 is 2.80 bits per heavy atom. The van der Waals surface area contributed by atoms with Gasteiger partial charge in [0.2, 0.25) is 0 Å². The first-order valence-corrected chi connectivity index (χ1v) is 6.27. The smallest absolute Gasteiger partial charge is 0.334 e. The zero-order valence-electron chi connectivity index (χ0n) is 10.5. The van der Waals surface area contributed by atoms with Crippen LogP contribution in [-0.2, 0) is 9.53 Å². The van der Waals surface area contributed by atoms with Gasteiger partial charge in [-0.15, -0.1) is 0 Å². The van der Waals surface area contributed by atoms with Crippen molar-refractivity contribution < 1.29 is 19.4 Å². The highest BCUT2D eigenvalue weighted by atomic mass is 79.9. The molecule has 0 radical (unpaired) electrons. The third-order valence-corrected chi connectivity index (χ3v) is 2.85. The maximum atomic E-state index is 11.6. The Morgan fingerprint density at radius 1 is 1.55 bits per heavy atom. The summed E-state index contributed by atoms with van der Waals surface area (Å²) >= 11 is 3.22. The lowest BCUT2D eigenvalue weighted by Gasteiger charge is -2.13. The molecule has 1 aromatic rings. The van der Waals surface area contributed by atoms with E-state index in [0.29, 0.717) is 10.2 Å². The first-order chi connectivity index (χ1) is 9.47. The second-order valence-corrected chi connectivity index (χ2v) is 4.61. The molecule has 1 unspecified atom stereocenters. The van der Waals surface area contributed by atoms with Crippen LogP contribution < -0.4 is 10.6 Å². The number of methoxy groups -OCH3 is 1. The Labute approximate surface area is 123 Å². The van der Waals surface area contributed by atoms with Crippen molar-refractivity contribution in [2.24, 2.45) is 0 Å². The Kier molecular flexibility index (Phi) is 5.96. The quantitative estimate of drug-likeness (QED) is 0.752. The number of halogens is 1. The molecule has 0 saturated carbocycles. The minimum Gasteiger partial charge on any atom is -0.479 e. The molecule has 0 aliphatic heterocycles. The van der Waals surface area contributed by atoms with E-state index in [4.69, 9.17) is 10.4 Å². The predicted molar refractivity (Wildman–Crippen MR) is 74.3 cm³/mol. The number of carbonyl (C=O) groups is 2. The molecule has 106 valence electrons. The summed E-state index contributed by atoms with van der Waals surface area (Å²) in [6.07, 6.45) is -1.12. The number of hydrogen-bond donors (Lipinski definition) is 3. The van der Waals surface area contributed by atoms with Crippen LogP contribution in [0.25, 0.3) is 0 Å². The molecule has 0 fully saturated rings. The standard InChI is InChI=1S/C12H12BrN3O4/c1-20-10(11(17)18)6-15-12(19)16-9-3-2-8(13)4-7(9)5-14/h2-4,10H,6H2,1H3,(H,17,18)(H2,15,16,19). The number of nitrogens with one attached hydrogen (secondary N) is 2. The number of benzene rings is 1. The number of nitrogens with zero attached hydrogens (tertiary/aromatic N) is 1. The van der Waals surface area contributed by atoms with Gasteiger partial charge in [0, 0.05) is 11.6 Å². The van der Waals surface area contributed by atoms with Gasteiger partial charge in [-0.2, -0.15) is 5.26 Å². The molecule has 1 atom stereocenters. The lowest BCUT2D eigenvalue weighted by molar-refractivity contribution is -0.147. The molecule has 1 rings (SSSR count). The first kappa shape index (κ1) is 15.9. The van der Waals surface area contributed by atoms with Crippen molar-refractivity contribution in [1.82, 2.24) is 5.32 Å². The van der Waals surface area contributed by atoms with Crippen LogP contribution in [0.3, 0.4) is 0 Å². The average molecular weight is 342 g/mol. The molecule has 0 aliphatic rings. The van der Waals surface area contributed by atoms with Gasteiger partial charge in [-0.05, 0) is 18.2 Å². The molecule has 0 spiro atoms. The number of carboxylic acid groups (broad SMARTS) is 1. The van der Waals surface area contributed by atoms with Crippen molar-refractivity contribution in [1.29, 1.82) is 5.26 Å². The Bertz CT molecular complexity index is 556. The Balaban J connectivity index is 2.63. The summed E-state index contributed by atoms with van der Waals surface area (Å²) in [5, 5.41) is 22.5. The zero-order valence-corrected chi connectivity index (χ0v) is 12.1. The van der Waals surface area contributed by atoms with E-state index in [9.17, 15) is 9.59 Å². The molecule has 0 heterocycles. The number of aliphatic carboxylic acids is 1. The van der Waals surface area contributed by atoms with Crippen LogP contribution >= 0.6 is 15.9 Å². The monoisotopic (exact) mass is 341 g/mol. The summed E-state index contributed by atoms with van der Waals surface area (Å²) in [4.78, 5) is 22.3. The summed E-state index contributed by atoms with van der Waals surface area (Å²) < 4.78 is 5.39. The van der Waals surface area contributed by atoms with Crippen LogP contribution in [0, 0.1) is 11.3 Å². The number of hydrogen-bond acceptors (Lipinski definition) is 4. The summed E-state index contributed by atoms with van der Waals surface area (Å²) in [5.41, 5.74) is 0.619. The van der Waals surface area contributed by atoms with Crippen LogP contribution in [0.1, 0.15) is 5.56 Å². The van der Waals surface area contributed by atoms with Crippen molar-refractivity contribution >= 4 is 33.6 Å².